The van der Waals surface area contributed by atoms with Crippen LogP contribution >= 0.6 is 23.2 Å². The van der Waals surface area contributed by atoms with Gasteiger partial charge in [0.2, 0.25) is 0 Å². The fourth-order valence-electron chi connectivity index (χ4n) is 2.22. The predicted octanol–water partition coefficient (Wildman–Crippen LogP) is 6.33. The average Bonchev–Trinajstić information content (AvgIpc) is 2.51. The molecule has 20 heavy (non-hydrogen) atoms. The van der Waals surface area contributed by atoms with Gasteiger partial charge in [0.05, 0.1) is 0 Å². The topological polar surface area (TPSA) is 0 Å². The number of halogens is 2. The van der Waals surface area contributed by atoms with Crippen molar-refractivity contribution in [3.63, 3.8) is 0 Å². The minimum absolute atomic E-state index is 0.689. The van der Waals surface area contributed by atoms with Gasteiger partial charge in [-0.25, -0.2) is 0 Å². The molecule has 0 N–H and O–H groups in total. The molecule has 0 amide bonds. The molecule has 3 aromatic carbocycles. The van der Waals surface area contributed by atoms with Crippen molar-refractivity contribution in [3.05, 3.63) is 82.8 Å². The molecule has 98 valence electrons. The Kier molecular flexibility index (Phi) is 3.77. The van der Waals surface area contributed by atoms with Crippen LogP contribution in [0, 0.1) is 0 Å². The SMILES string of the molecule is Clc1ccc(Cl)c(-c2cccc(-c3ccccc3)c2)c1. The maximum absolute atomic E-state index is 6.27. The Hall–Kier alpha value is -1.76. The van der Waals surface area contributed by atoms with Crippen LogP contribution in [-0.2, 0) is 0 Å². The molecule has 0 saturated heterocycles. The summed E-state index contributed by atoms with van der Waals surface area (Å²) in [5.74, 6) is 0. The molecular weight excluding hydrogens is 287 g/mol. The Bertz CT molecular complexity index is 733. The molecule has 0 nitrogen and oxygen atoms in total. The van der Waals surface area contributed by atoms with Gasteiger partial charge in [-0.15, -0.1) is 0 Å². The van der Waals surface area contributed by atoms with E-state index in [9.17, 15) is 0 Å². The van der Waals surface area contributed by atoms with E-state index < -0.39 is 0 Å². The Morgan fingerprint density at radius 1 is 0.550 bits per heavy atom. The third-order valence-electron chi connectivity index (χ3n) is 3.21. The van der Waals surface area contributed by atoms with Crippen molar-refractivity contribution >= 4 is 23.2 Å². The summed E-state index contributed by atoms with van der Waals surface area (Å²) in [5.41, 5.74) is 4.38. The van der Waals surface area contributed by atoms with Gasteiger partial charge in [0.1, 0.15) is 0 Å². The molecule has 0 fully saturated rings. The summed E-state index contributed by atoms with van der Waals surface area (Å²) in [6.07, 6.45) is 0. The van der Waals surface area contributed by atoms with Crippen LogP contribution in [0.2, 0.25) is 10.0 Å². The summed E-state index contributed by atoms with van der Waals surface area (Å²) >= 11 is 12.3. The lowest BCUT2D eigenvalue weighted by molar-refractivity contribution is 1.59. The summed E-state index contributed by atoms with van der Waals surface area (Å²) in [7, 11) is 0. The first kappa shape index (κ1) is 13.2. The van der Waals surface area contributed by atoms with Crippen LogP contribution in [0.5, 0.6) is 0 Å². The monoisotopic (exact) mass is 298 g/mol. The lowest BCUT2D eigenvalue weighted by Gasteiger charge is -2.08. The summed E-state index contributed by atoms with van der Waals surface area (Å²) < 4.78 is 0. The van der Waals surface area contributed by atoms with Gasteiger partial charge in [-0.3, -0.25) is 0 Å². The Morgan fingerprint density at radius 2 is 1.25 bits per heavy atom. The first-order chi connectivity index (χ1) is 9.74. The summed E-state index contributed by atoms with van der Waals surface area (Å²) in [4.78, 5) is 0. The maximum Gasteiger partial charge on any atom is 0.0485 e. The molecule has 0 atom stereocenters. The molecule has 0 heterocycles. The van der Waals surface area contributed by atoms with Gasteiger partial charge >= 0.3 is 0 Å². The maximum atomic E-state index is 6.27. The highest BCUT2D eigenvalue weighted by Gasteiger charge is 2.06. The van der Waals surface area contributed by atoms with E-state index >= 15 is 0 Å². The zero-order chi connectivity index (χ0) is 13.9. The third-order valence-corrected chi connectivity index (χ3v) is 3.77. The van der Waals surface area contributed by atoms with Crippen molar-refractivity contribution in [2.24, 2.45) is 0 Å². The molecule has 0 radical (unpaired) electrons. The van der Waals surface area contributed by atoms with Crippen molar-refractivity contribution in [2.75, 3.05) is 0 Å². The van der Waals surface area contributed by atoms with Gasteiger partial charge in [-0.05, 0) is 41.0 Å². The molecule has 3 rings (SSSR count). The standard InChI is InChI=1S/C18H12Cl2/c19-16-9-10-18(20)17(12-16)15-8-4-7-14(11-15)13-5-2-1-3-6-13/h1-12H. The van der Waals surface area contributed by atoms with Gasteiger partial charge in [0, 0.05) is 15.6 Å². The molecule has 0 spiro atoms. The Balaban J connectivity index is 2.10. The molecule has 0 saturated carbocycles. The fourth-order valence-corrected chi connectivity index (χ4v) is 2.61. The largest absolute Gasteiger partial charge is 0.0843 e. The van der Waals surface area contributed by atoms with Gasteiger partial charge in [0.25, 0.3) is 0 Å². The lowest BCUT2D eigenvalue weighted by atomic mass is 9.99. The quantitative estimate of drug-likeness (QED) is 0.519. The normalized spacial score (nSPS) is 10.5. The zero-order valence-electron chi connectivity index (χ0n) is 10.7. The predicted molar refractivity (Wildman–Crippen MR) is 87.3 cm³/mol. The first-order valence-electron chi connectivity index (χ1n) is 6.35. The Morgan fingerprint density at radius 3 is 2.05 bits per heavy atom. The average molecular weight is 299 g/mol. The van der Waals surface area contributed by atoms with E-state index in [2.05, 4.69) is 24.3 Å². The van der Waals surface area contributed by atoms with E-state index in [0.717, 1.165) is 11.1 Å². The summed E-state index contributed by atoms with van der Waals surface area (Å²) in [5, 5.41) is 1.40. The zero-order valence-corrected chi connectivity index (χ0v) is 12.2. The highest BCUT2D eigenvalue weighted by molar-refractivity contribution is 6.35. The number of benzene rings is 3. The van der Waals surface area contributed by atoms with Gasteiger partial charge in [0.15, 0.2) is 0 Å². The summed E-state index contributed by atoms with van der Waals surface area (Å²) in [6.45, 7) is 0. The number of hydrogen-bond acceptors (Lipinski definition) is 0. The molecule has 0 aliphatic rings. The van der Waals surface area contributed by atoms with Crippen LogP contribution < -0.4 is 0 Å². The van der Waals surface area contributed by atoms with Crippen LogP contribution in [0.25, 0.3) is 22.3 Å². The molecular formula is C18H12Cl2. The molecule has 0 bridgehead atoms. The van der Waals surface area contributed by atoms with Gasteiger partial charge in [-0.1, -0.05) is 71.7 Å². The van der Waals surface area contributed by atoms with Crippen molar-refractivity contribution in [1.82, 2.24) is 0 Å². The third kappa shape index (κ3) is 2.72. The highest BCUT2D eigenvalue weighted by Crippen LogP contribution is 2.32. The van der Waals surface area contributed by atoms with E-state index in [1.54, 1.807) is 6.07 Å². The molecule has 0 unspecified atom stereocenters. The fraction of sp³-hybridized carbons (Fsp3) is 0. The van der Waals surface area contributed by atoms with E-state index in [1.165, 1.54) is 11.1 Å². The second-order valence-corrected chi connectivity index (χ2v) is 5.41. The molecule has 2 heteroatoms. The van der Waals surface area contributed by atoms with Crippen LogP contribution in [-0.4, -0.2) is 0 Å². The van der Waals surface area contributed by atoms with Crippen LogP contribution in [0.15, 0.2) is 72.8 Å². The van der Waals surface area contributed by atoms with Crippen LogP contribution in [0.4, 0.5) is 0 Å². The molecule has 0 aromatic heterocycles. The number of hydrogen-bond donors (Lipinski definition) is 0. The second-order valence-electron chi connectivity index (χ2n) is 4.57. The first-order valence-corrected chi connectivity index (χ1v) is 7.10. The van der Waals surface area contributed by atoms with Crippen molar-refractivity contribution in [1.29, 1.82) is 0 Å². The molecule has 0 aliphatic heterocycles. The van der Waals surface area contributed by atoms with E-state index in [-0.39, 0.29) is 0 Å². The highest BCUT2D eigenvalue weighted by atomic mass is 35.5. The summed E-state index contributed by atoms with van der Waals surface area (Å²) in [6, 6.07) is 24.1. The lowest BCUT2D eigenvalue weighted by Crippen LogP contribution is -1.82. The van der Waals surface area contributed by atoms with Crippen molar-refractivity contribution < 1.29 is 0 Å². The second kappa shape index (κ2) is 5.70. The molecule has 0 aliphatic carbocycles. The van der Waals surface area contributed by atoms with Crippen LogP contribution in [0.3, 0.4) is 0 Å². The number of rotatable bonds is 2. The van der Waals surface area contributed by atoms with E-state index in [1.807, 2.05) is 42.5 Å². The van der Waals surface area contributed by atoms with E-state index in [0.29, 0.717) is 10.0 Å². The van der Waals surface area contributed by atoms with Gasteiger partial charge < -0.3 is 0 Å². The van der Waals surface area contributed by atoms with Gasteiger partial charge in [-0.2, -0.15) is 0 Å². The Labute approximate surface area is 128 Å². The molecule has 3 aromatic rings. The minimum atomic E-state index is 0.689. The minimum Gasteiger partial charge on any atom is -0.0843 e. The van der Waals surface area contributed by atoms with Crippen molar-refractivity contribution in [3.8, 4) is 22.3 Å². The van der Waals surface area contributed by atoms with E-state index in [4.69, 9.17) is 23.2 Å². The van der Waals surface area contributed by atoms with Crippen molar-refractivity contribution in [2.45, 2.75) is 0 Å². The van der Waals surface area contributed by atoms with Crippen LogP contribution in [0.1, 0.15) is 0 Å². The smallest absolute Gasteiger partial charge is 0.0485 e.